The number of rotatable bonds is 15. The number of carbonyl (C=O) groups is 11. The molecule has 1 heterocycles. The van der Waals surface area contributed by atoms with E-state index in [0.29, 0.717) is 6.42 Å². The number of cyclic esters (lactones) is 1. The minimum Gasteiger partial charge on any atom is -0.458 e. The Morgan fingerprint density at radius 1 is 0.518 bits per heavy atom. The van der Waals surface area contributed by atoms with Crippen molar-refractivity contribution in [3.63, 3.8) is 0 Å². The van der Waals surface area contributed by atoms with Crippen molar-refractivity contribution in [1.82, 2.24) is 56.0 Å². The predicted octanol–water partition coefficient (Wildman–Crippen LogP) is 3.58. The molecule has 0 unspecified atom stereocenters. The minimum atomic E-state index is -1.23. The second-order valence-electron chi connectivity index (χ2n) is 25.9. The molecule has 0 radical (unpaired) electrons. The normalized spacial score (nSPS) is 27.4. The highest BCUT2D eigenvalue weighted by Gasteiger charge is 2.44. The molecular formula is C62H111N11O12. The van der Waals surface area contributed by atoms with Crippen LogP contribution in [-0.4, -0.2) is 217 Å². The van der Waals surface area contributed by atoms with Crippen LogP contribution in [0.15, 0.2) is 12.2 Å². The Bertz CT molecular complexity index is 2310. The molecule has 85 heavy (non-hydrogen) atoms. The molecule has 0 spiro atoms. The quantitative estimate of drug-likeness (QED) is 0.116. The van der Waals surface area contributed by atoms with Crippen molar-refractivity contribution in [2.45, 2.75) is 223 Å². The van der Waals surface area contributed by atoms with E-state index in [4.69, 9.17) is 4.74 Å². The van der Waals surface area contributed by atoms with Crippen molar-refractivity contribution in [2.24, 2.45) is 41.4 Å². The van der Waals surface area contributed by atoms with Gasteiger partial charge >= 0.3 is 5.97 Å². The molecule has 1 rings (SSSR count). The zero-order valence-corrected chi connectivity index (χ0v) is 56.1. The molecule has 0 aromatic rings. The van der Waals surface area contributed by atoms with Crippen LogP contribution in [0.2, 0.25) is 0 Å². The summed E-state index contributed by atoms with van der Waals surface area (Å²) in [5, 5.41) is 14.1. The minimum absolute atomic E-state index is 0.0974. The molecule has 1 aliphatic rings. The van der Waals surface area contributed by atoms with Crippen molar-refractivity contribution in [1.29, 1.82) is 0 Å². The lowest BCUT2D eigenvalue weighted by Gasteiger charge is -2.40. The number of carbonyl (C=O) groups excluding carboxylic acids is 11. The number of likely N-dealkylation sites (N-methyl/N-ethyl adjacent to an activating group) is 7. The average Bonchev–Trinajstić information content (AvgIpc) is 3.63. The third-order valence-electron chi connectivity index (χ3n) is 15.9. The fourth-order valence-corrected chi connectivity index (χ4v) is 10.6. The van der Waals surface area contributed by atoms with Gasteiger partial charge in [0.2, 0.25) is 59.1 Å². The van der Waals surface area contributed by atoms with Gasteiger partial charge in [0.15, 0.2) is 0 Å². The van der Waals surface area contributed by atoms with Crippen LogP contribution in [0, 0.1) is 41.4 Å². The van der Waals surface area contributed by atoms with Gasteiger partial charge in [0.05, 0.1) is 6.54 Å². The van der Waals surface area contributed by atoms with Gasteiger partial charge in [0, 0.05) is 42.3 Å². The van der Waals surface area contributed by atoms with Gasteiger partial charge in [-0.15, -0.1) is 0 Å². The number of hydrogen-bond acceptors (Lipinski definition) is 13. The molecule has 23 heteroatoms. The summed E-state index contributed by atoms with van der Waals surface area (Å²) in [5.74, 6) is -9.18. The fourth-order valence-electron chi connectivity index (χ4n) is 10.6. The smallest absolute Gasteiger partial charge is 0.329 e. The van der Waals surface area contributed by atoms with E-state index in [1.54, 1.807) is 34.6 Å². The Kier molecular flexibility index (Phi) is 32.1. The van der Waals surface area contributed by atoms with Gasteiger partial charge in [-0.2, -0.15) is 0 Å². The average molecular weight is 1200 g/mol. The van der Waals surface area contributed by atoms with Crippen LogP contribution in [0.3, 0.4) is 0 Å². The van der Waals surface area contributed by atoms with Crippen LogP contribution in [0.1, 0.15) is 156 Å². The van der Waals surface area contributed by atoms with Crippen LogP contribution >= 0.6 is 0 Å². The molecular weight excluding hydrogens is 1090 g/mol. The van der Waals surface area contributed by atoms with Crippen molar-refractivity contribution < 1.29 is 57.5 Å². The number of allylic oxidation sites excluding steroid dienone is 2. The van der Waals surface area contributed by atoms with E-state index < -0.39 is 156 Å². The summed E-state index contributed by atoms with van der Waals surface area (Å²) in [6, 6.07) is -11.7. The van der Waals surface area contributed by atoms with Crippen molar-refractivity contribution >= 4 is 65.0 Å². The van der Waals surface area contributed by atoms with E-state index in [1.807, 2.05) is 81.4 Å². The van der Waals surface area contributed by atoms with E-state index in [2.05, 4.69) is 26.6 Å². The van der Waals surface area contributed by atoms with Crippen LogP contribution < -0.4 is 26.6 Å². The number of nitrogens with one attached hydrogen (secondary N) is 5. The molecule has 0 aliphatic carbocycles. The Hall–Kier alpha value is -6.13. The maximum atomic E-state index is 15.0. The molecule has 0 aromatic heterocycles. The van der Waals surface area contributed by atoms with Gasteiger partial charge in [0.25, 0.3) is 0 Å². The zero-order chi connectivity index (χ0) is 65.8. The van der Waals surface area contributed by atoms with Crippen LogP contribution in [0.25, 0.3) is 0 Å². The highest BCUT2D eigenvalue weighted by molar-refractivity contribution is 5.98. The summed E-state index contributed by atoms with van der Waals surface area (Å²) in [4.78, 5) is 167. The van der Waals surface area contributed by atoms with Gasteiger partial charge in [0.1, 0.15) is 66.5 Å². The molecule has 1 fully saturated rings. The van der Waals surface area contributed by atoms with Crippen LogP contribution in [-0.2, 0) is 57.5 Å². The lowest BCUT2D eigenvalue weighted by atomic mass is 9.92. The summed E-state index contributed by atoms with van der Waals surface area (Å²) >= 11 is 0. The van der Waals surface area contributed by atoms with Crippen LogP contribution in [0.4, 0.5) is 0 Å². The van der Waals surface area contributed by atoms with Crippen molar-refractivity contribution in [3.8, 4) is 0 Å². The molecule has 1 aliphatic heterocycles. The van der Waals surface area contributed by atoms with E-state index in [9.17, 15) is 47.9 Å². The van der Waals surface area contributed by atoms with Crippen LogP contribution in [0.5, 0.6) is 0 Å². The first-order valence-electron chi connectivity index (χ1n) is 30.6. The summed E-state index contributed by atoms with van der Waals surface area (Å²) < 4.78 is 6.35. The van der Waals surface area contributed by atoms with E-state index in [-0.39, 0.29) is 55.8 Å². The molecule has 12 atom stereocenters. The second kappa shape index (κ2) is 35.5. The topological polar surface area (TPSA) is 277 Å². The van der Waals surface area contributed by atoms with E-state index in [1.165, 1.54) is 87.7 Å². The molecule has 1 saturated heterocycles. The standard InChI is InChI=1S/C62H111N11O12/c1-25-27-28-40(15)52-50(63-18)56(78)66-43(26-2)58(80)68(19)33-48(74)69(20)44(29-34(3)4)55(77)67-49(38(11)12)61(83)70(21)45(30-35(5)6)54(76)64-41(16)53(75)65-42(17)57(79)71(22)46(31-36(7)8)59(81)72(23)47(32-37(9)10)60(82)73(24)51(39(13)14)62(84)85-52/h25,27,34-47,49-52,63H,26,28-33H2,1-24H3,(H,64,76)(H,65,75)(H,66,78)(H,67,77)/b27-25+/t40-,41+,42-,43+,44+,45+,46+,47+,49+,50+,51-,52-/m1/s1. The third kappa shape index (κ3) is 22.3. The Morgan fingerprint density at radius 2 is 0.953 bits per heavy atom. The number of nitrogens with zero attached hydrogens (tertiary/aromatic N) is 6. The van der Waals surface area contributed by atoms with E-state index in [0.717, 1.165) is 4.90 Å². The number of ether oxygens (including phenoxy) is 1. The highest BCUT2D eigenvalue weighted by atomic mass is 16.5. The van der Waals surface area contributed by atoms with Crippen molar-refractivity contribution in [2.75, 3.05) is 55.9 Å². The molecule has 23 nitrogen and oxygen atoms in total. The maximum Gasteiger partial charge on any atom is 0.329 e. The summed E-state index contributed by atoms with van der Waals surface area (Å²) in [6.07, 6.45) is 3.69. The summed E-state index contributed by atoms with van der Waals surface area (Å²) in [7, 11) is 10.2. The van der Waals surface area contributed by atoms with Gasteiger partial charge in [-0.05, 0) is 108 Å². The first-order chi connectivity index (χ1) is 39.3. The van der Waals surface area contributed by atoms with Gasteiger partial charge < -0.3 is 60.7 Å². The number of hydrogen-bond donors (Lipinski definition) is 5. The largest absolute Gasteiger partial charge is 0.458 e. The predicted molar refractivity (Wildman–Crippen MR) is 329 cm³/mol. The molecule has 0 aromatic carbocycles. The Balaban J connectivity index is 4.25. The first kappa shape index (κ1) is 76.9. The molecule has 0 saturated carbocycles. The Labute approximate surface area is 509 Å². The number of amides is 10. The zero-order valence-electron chi connectivity index (χ0n) is 56.1. The lowest BCUT2D eigenvalue weighted by molar-refractivity contribution is -0.167. The molecule has 10 amide bonds. The van der Waals surface area contributed by atoms with Crippen molar-refractivity contribution in [3.05, 3.63) is 12.2 Å². The molecule has 486 valence electrons. The molecule has 5 N–H and O–H groups in total. The highest BCUT2D eigenvalue weighted by Crippen LogP contribution is 2.25. The maximum absolute atomic E-state index is 15.0. The number of esters is 1. The summed E-state index contributed by atoms with van der Waals surface area (Å²) in [6.45, 7) is 29.7. The van der Waals surface area contributed by atoms with Gasteiger partial charge in [-0.25, -0.2) is 4.79 Å². The monoisotopic (exact) mass is 1200 g/mol. The van der Waals surface area contributed by atoms with Gasteiger partial charge in [-0.1, -0.05) is 109 Å². The summed E-state index contributed by atoms with van der Waals surface area (Å²) in [5.41, 5.74) is 0. The van der Waals surface area contributed by atoms with E-state index >= 15 is 4.79 Å². The second-order valence-corrected chi connectivity index (χ2v) is 25.9. The molecule has 0 bridgehead atoms. The Morgan fingerprint density at radius 3 is 1.40 bits per heavy atom. The lowest BCUT2D eigenvalue weighted by Crippen LogP contribution is -2.61. The first-order valence-corrected chi connectivity index (χ1v) is 30.6. The van der Waals surface area contributed by atoms with Gasteiger partial charge in [-0.3, -0.25) is 47.9 Å². The SMILES string of the molecule is C/C=C/C[C@@H](C)[C@H]1OC(=O)[C@@H](C(C)C)N(C)C(=O)[C@H](CC(C)C)N(C)C(=O)[C@H](CC(C)C)N(C)C(=O)[C@@H](C)NC(=O)[C@H](C)NC(=O)[C@H](CC(C)C)N(C)C(=O)[C@H](C(C)C)NC(=O)[C@H](CC(C)C)N(C)C(=O)CN(C)C(=O)[C@H](CC)NC(=O)[C@H]1NC. The third-order valence-corrected chi connectivity index (χ3v) is 15.9. The fraction of sp³-hybridized carbons (Fsp3) is 0.790.